The first-order valence-corrected chi connectivity index (χ1v) is 12.6. The van der Waals surface area contributed by atoms with Crippen molar-refractivity contribution in [2.75, 3.05) is 17.2 Å². The van der Waals surface area contributed by atoms with E-state index in [0.717, 1.165) is 18.4 Å². The van der Waals surface area contributed by atoms with Crippen molar-refractivity contribution in [2.24, 2.45) is 0 Å². The lowest BCUT2D eigenvalue weighted by molar-refractivity contribution is -0.143. The molecule has 0 atom stereocenters. The molecule has 0 radical (unpaired) electrons. The Morgan fingerprint density at radius 1 is 0.703 bits per heavy atom. The molecule has 0 unspecified atom stereocenters. The topological polar surface area (TPSA) is 96.5 Å². The van der Waals surface area contributed by atoms with Gasteiger partial charge in [0, 0.05) is 24.2 Å². The maximum Gasteiger partial charge on any atom is 0.305 e. The molecule has 3 aromatic carbocycles. The number of aryl methyl sites for hydroxylation is 1. The normalized spacial score (nSPS) is 10.3. The first-order valence-electron chi connectivity index (χ1n) is 12.2. The van der Waals surface area contributed by atoms with Crippen LogP contribution in [0, 0.1) is 0 Å². The molecule has 3 rings (SSSR count). The van der Waals surface area contributed by atoms with Crippen molar-refractivity contribution in [3.05, 3.63) is 96.1 Å². The van der Waals surface area contributed by atoms with Crippen LogP contribution in [0.2, 0.25) is 0 Å². The van der Waals surface area contributed by atoms with E-state index >= 15 is 0 Å². The molecule has 0 bridgehead atoms. The Kier molecular flexibility index (Phi) is 11.3. The van der Waals surface area contributed by atoms with Gasteiger partial charge < -0.3 is 20.7 Å². The van der Waals surface area contributed by atoms with Crippen LogP contribution >= 0.6 is 12.2 Å². The van der Waals surface area contributed by atoms with Crippen LogP contribution in [0.25, 0.3) is 0 Å². The van der Waals surface area contributed by atoms with Gasteiger partial charge in [0.25, 0.3) is 0 Å². The minimum absolute atomic E-state index is 0.131. The van der Waals surface area contributed by atoms with Gasteiger partial charge in [0.05, 0.1) is 13.0 Å². The van der Waals surface area contributed by atoms with Crippen molar-refractivity contribution in [3.63, 3.8) is 0 Å². The van der Waals surface area contributed by atoms with Gasteiger partial charge in [-0.15, -0.1) is 0 Å². The third kappa shape index (κ3) is 11.0. The second-order valence-corrected chi connectivity index (χ2v) is 8.87. The molecule has 192 valence electrons. The molecule has 0 aliphatic carbocycles. The molecule has 2 amide bonds. The molecule has 7 nitrogen and oxygen atoms in total. The van der Waals surface area contributed by atoms with Crippen LogP contribution in [0.15, 0.2) is 84.9 Å². The highest BCUT2D eigenvalue weighted by Gasteiger charge is 2.09. The van der Waals surface area contributed by atoms with Gasteiger partial charge >= 0.3 is 5.97 Å². The maximum atomic E-state index is 12.3. The van der Waals surface area contributed by atoms with Gasteiger partial charge in [-0.3, -0.25) is 14.4 Å². The van der Waals surface area contributed by atoms with Gasteiger partial charge in [-0.2, -0.15) is 0 Å². The zero-order valence-electron chi connectivity index (χ0n) is 20.6. The summed E-state index contributed by atoms with van der Waals surface area (Å²) in [6.45, 7) is 0.361. The summed E-state index contributed by atoms with van der Waals surface area (Å²) in [6, 6.07) is 26.6. The van der Waals surface area contributed by atoms with Crippen molar-refractivity contribution >= 4 is 46.5 Å². The lowest BCUT2D eigenvalue weighted by Gasteiger charge is -2.11. The smallest absolute Gasteiger partial charge is 0.305 e. The minimum Gasteiger partial charge on any atom is -0.466 e. The minimum atomic E-state index is -0.312. The number of ether oxygens (including phenoxy) is 1. The molecule has 0 fully saturated rings. The van der Waals surface area contributed by atoms with Gasteiger partial charge in [0.2, 0.25) is 11.8 Å². The number of esters is 1. The fraction of sp³-hybridized carbons (Fsp3) is 0.241. The third-order valence-electron chi connectivity index (χ3n) is 5.37. The third-order valence-corrected chi connectivity index (χ3v) is 5.57. The monoisotopic (exact) mass is 517 g/mol. The summed E-state index contributed by atoms with van der Waals surface area (Å²) in [5, 5.41) is 8.54. The summed E-state index contributed by atoms with van der Waals surface area (Å²) in [6.07, 6.45) is 2.57. The zero-order chi connectivity index (χ0) is 26.3. The summed E-state index contributed by atoms with van der Waals surface area (Å²) in [7, 11) is 0. The Morgan fingerprint density at radius 3 is 2.05 bits per heavy atom. The van der Waals surface area contributed by atoms with Crippen LogP contribution in [-0.2, 0) is 32.0 Å². The Bertz CT molecular complexity index is 1190. The van der Waals surface area contributed by atoms with Crippen molar-refractivity contribution in [2.45, 2.75) is 38.5 Å². The number of benzene rings is 3. The number of anilines is 2. The van der Waals surface area contributed by atoms with Crippen LogP contribution < -0.4 is 16.0 Å². The van der Waals surface area contributed by atoms with Crippen molar-refractivity contribution in [1.82, 2.24) is 5.32 Å². The molecule has 0 heterocycles. The second kappa shape index (κ2) is 15.2. The molecule has 3 aromatic rings. The highest BCUT2D eigenvalue weighted by atomic mass is 32.1. The molecule has 0 spiro atoms. The SMILES string of the molecule is O=C(CCCC(=O)OCCCc1ccccc1)NC(=S)Nc1cccc(NC(=O)Cc2ccccc2)c1. The molecule has 0 aliphatic rings. The van der Waals surface area contributed by atoms with Gasteiger partial charge in [0.15, 0.2) is 5.11 Å². The molecule has 0 saturated carbocycles. The molecule has 0 saturated heterocycles. The van der Waals surface area contributed by atoms with Gasteiger partial charge in [-0.1, -0.05) is 66.7 Å². The lowest BCUT2D eigenvalue weighted by atomic mass is 10.1. The van der Waals surface area contributed by atoms with Crippen LogP contribution in [0.5, 0.6) is 0 Å². The van der Waals surface area contributed by atoms with E-state index < -0.39 is 0 Å². The summed E-state index contributed by atoms with van der Waals surface area (Å²) in [5.41, 5.74) is 3.37. The second-order valence-electron chi connectivity index (χ2n) is 8.46. The Balaban J connectivity index is 1.30. The number of carbonyl (C=O) groups excluding carboxylic acids is 3. The zero-order valence-corrected chi connectivity index (χ0v) is 21.4. The highest BCUT2D eigenvalue weighted by Crippen LogP contribution is 2.16. The van der Waals surface area contributed by atoms with Gasteiger partial charge in [-0.25, -0.2) is 0 Å². The van der Waals surface area contributed by atoms with Gasteiger partial charge in [-0.05, 0) is 60.8 Å². The number of hydrogen-bond acceptors (Lipinski definition) is 5. The summed E-state index contributed by atoms with van der Waals surface area (Å²) < 4.78 is 5.24. The summed E-state index contributed by atoms with van der Waals surface area (Å²) in [5.74, 6) is -0.733. The average molecular weight is 518 g/mol. The highest BCUT2D eigenvalue weighted by molar-refractivity contribution is 7.80. The molecular formula is C29H31N3O4S. The van der Waals surface area contributed by atoms with E-state index in [0.29, 0.717) is 24.4 Å². The number of thiocarbonyl (C=S) groups is 1. The lowest BCUT2D eigenvalue weighted by Crippen LogP contribution is -2.34. The number of nitrogens with one attached hydrogen (secondary N) is 3. The maximum absolute atomic E-state index is 12.3. The Morgan fingerprint density at radius 2 is 1.35 bits per heavy atom. The van der Waals surface area contributed by atoms with Crippen molar-refractivity contribution in [1.29, 1.82) is 0 Å². The first-order chi connectivity index (χ1) is 18.0. The van der Waals surface area contributed by atoms with E-state index in [-0.39, 0.29) is 42.2 Å². The van der Waals surface area contributed by atoms with Crippen LogP contribution in [0.1, 0.15) is 36.8 Å². The fourth-order valence-corrected chi connectivity index (χ4v) is 3.82. The average Bonchev–Trinajstić information content (AvgIpc) is 2.88. The van der Waals surface area contributed by atoms with E-state index in [4.69, 9.17) is 17.0 Å². The van der Waals surface area contributed by atoms with Crippen molar-refractivity contribution in [3.8, 4) is 0 Å². The first kappa shape index (κ1) is 27.5. The number of amides is 2. The van der Waals surface area contributed by atoms with Crippen molar-refractivity contribution < 1.29 is 19.1 Å². The predicted molar refractivity (Wildman–Crippen MR) is 149 cm³/mol. The Hall–Kier alpha value is -4.04. The van der Waals surface area contributed by atoms with E-state index in [1.54, 1.807) is 24.3 Å². The molecular weight excluding hydrogens is 486 g/mol. The predicted octanol–water partition coefficient (Wildman–Crippen LogP) is 5.03. The molecule has 0 aromatic heterocycles. The Labute approximate surface area is 222 Å². The molecule has 0 aliphatic heterocycles. The fourth-order valence-electron chi connectivity index (χ4n) is 3.59. The van der Waals surface area contributed by atoms with E-state index in [1.807, 2.05) is 60.7 Å². The summed E-state index contributed by atoms with van der Waals surface area (Å²) >= 11 is 5.22. The van der Waals surface area contributed by atoms with Crippen LogP contribution in [0.4, 0.5) is 11.4 Å². The van der Waals surface area contributed by atoms with Crippen LogP contribution in [0.3, 0.4) is 0 Å². The quantitative estimate of drug-likeness (QED) is 0.177. The van der Waals surface area contributed by atoms with E-state index in [9.17, 15) is 14.4 Å². The standard InChI is InChI=1S/C29H31N3O4S/c33-26(17-8-18-28(35)36-19-9-14-22-10-3-1-4-11-22)32-29(37)31-25-16-7-15-24(21-25)30-27(34)20-23-12-5-2-6-13-23/h1-7,10-13,15-16,21H,8-9,14,17-20H2,(H,30,34)(H2,31,32,33,37). The van der Waals surface area contributed by atoms with E-state index in [2.05, 4.69) is 16.0 Å². The number of hydrogen-bond donors (Lipinski definition) is 3. The van der Waals surface area contributed by atoms with Crippen LogP contribution in [-0.4, -0.2) is 29.5 Å². The van der Waals surface area contributed by atoms with Gasteiger partial charge in [0.1, 0.15) is 0 Å². The molecule has 3 N–H and O–H groups in total. The number of carbonyl (C=O) groups is 3. The largest absolute Gasteiger partial charge is 0.466 e. The summed E-state index contributed by atoms with van der Waals surface area (Å²) in [4.78, 5) is 36.4. The van der Waals surface area contributed by atoms with E-state index in [1.165, 1.54) is 5.56 Å². The molecule has 37 heavy (non-hydrogen) atoms. The number of rotatable bonds is 12. The molecule has 8 heteroatoms.